The van der Waals surface area contributed by atoms with E-state index in [-0.39, 0.29) is 17.0 Å². The van der Waals surface area contributed by atoms with E-state index in [2.05, 4.69) is 4.98 Å². The van der Waals surface area contributed by atoms with Crippen LogP contribution in [0.4, 0.5) is 18.9 Å². The summed E-state index contributed by atoms with van der Waals surface area (Å²) in [6.45, 7) is 1.46. The number of sulfone groups is 1. The summed E-state index contributed by atoms with van der Waals surface area (Å²) in [7, 11) is -3.43. The highest BCUT2D eigenvalue weighted by atomic mass is 35.5. The van der Waals surface area contributed by atoms with Crippen LogP contribution in [0.3, 0.4) is 0 Å². The number of para-hydroxylation sites is 1. The van der Waals surface area contributed by atoms with Gasteiger partial charge in [-0.15, -0.1) is 0 Å². The Balaban J connectivity index is 2.54. The smallest absolute Gasteiger partial charge is 0.268 e. The highest BCUT2D eigenvalue weighted by Crippen LogP contribution is 2.32. The van der Waals surface area contributed by atoms with E-state index in [1.54, 1.807) is 12.1 Å². The van der Waals surface area contributed by atoms with Crippen LogP contribution in [0, 0.1) is 0 Å². The average Bonchev–Trinajstić information content (AvgIpc) is 2.44. The maximum Gasteiger partial charge on any atom is 0.433 e. The average molecular weight is 353 g/mol. The van der Waals surface area contributed by atoms with Gasteiger partial charge in [0.25, 0.3) is 0 Å². The lowest BCUT2D eigenvalue weighted by Gasteiger charge is -2.17. The second-order valence-corrected chi connectivity index (χ2v) is 7.30. The molecule has 0 amide bonds. The summed E-state index contributed by atoms with van der Waals surface area (Å²) in [4.78, 5) is 3.58. The van der Waals surface area contributed by atoms with Crippen LogP contribution in [0.25, 0.3) is 10.9 Å². The zero-order valence-electron chi connectivity index (χ0n) is 11.4. The van der Waals surface area contributed by atoms with Crippen molar-refractivity contribution in [1.29, 1.82) is 0 Å². The first-order valence-corrected chi connectivity index (χ1v) is 8.40. The second kappa shape index (κ2) is 5.92. The summed E-state index contributed by atoms with van der Waals surface area (Å²) < 4.78 is 62.4. The van der Waals surface area contributed by atoms with Crippen molar-refractivity contribution in [2.24, 2.45) is 0 Å². The van der Waals surface area contributed by atoms with Crippen LogP contribution in [-0.4, -0.2) is 25.0 Å². The number of nitrogens with zero attached hydrogens (tertiary/aromatic N) is 2. The van der Waals surface area contributed by atoms with E-state index in [0.29, 0.717) is 5.39 Å². The molecular weight excluding hydrogens is 341 g/mol. The summed E-state index contributed by atoms with van der Waals surface area (Å²) in [5.41, 5.74) is -0.947. The molecule has 1 aromatic carbocycles. The molecular formula is C13H12ClF3N2O2S. The zero-order valence-corrected chi connectivity index (χ0v) is 13.0. The van der Waals surface area contributed by atoms with Crippen LogP contribution in [0.1, 0.15) is 12.6 Å². The molecule has 0 atom stereocenters. The Morgan fingerprint density at radius 2 is 1.91 bits per heavy atom. The minimum atomic E-state index is -4.59. The molecule has 2 aromatic rings. The van der Waals surface area contributed by atoms with Crippen LogP contribution in [0.2, 0.25) is 0 Å². The van der Waals surface area contributed by atoms with Gasteiger partial charge in [-0.25, -0.2) is 13.4 Å². The van der Waals surface area contributed by atoms with E-state index < -0.39 is 27.6 Å². The molecule has 0 N–H and O–H groups in total. The summed E-state index contributed by atoms with van der Waals surface area (Å²) in [5.74, 6) is -0.635. The number of hydrogen-bond acceptors (Lipinski definition) is 4. The first-order valence-electron chi connectivity index (χ1n) is 6.25. The maximum absolute atomic E-state index is 12.8. The Kier molecular flexibility index (Phi) is 4.53. The van der Waals surface area contributed by atoms with Crippen LogP contribution >= 0.6 is 11.8 Å². The van der Waals surface area contributed by atoms with Gasteiger partial charge in [0.2, 0.25) is 0 Å². The van der Waals surface area contributed by atoms with Crippen molar-refractivity contribution in [3.63, 3.8) is 0 Å². The summed E-state index contributed by atoms with van der Waals surface area (Å²) in [5, 5.41) is 0.435. The molecule has 0 spiro atoms. The molecule has 2 rings (SSSR count). The van der Waals surface area contributed by atoms with Gasteiger partial charge in [-0.3, -0.25) is 4.42 Å². The quantitative estimate of drug-likeness (QED) is 0.789. The van der Waals surface area contributed by atoms with Gasteiger partial charge in [-0.05, 0) is 12.1 Å². The third kappa shape index (κ3) is 3.61. The van der Waals surface area contributed by atoms with Gasteiger partial charge < -0.3 is 0 Å². The van der Waals surface area contributed by atoms with Gasteiger partial charge in [-0.2, -0.15) is 13.2 Å². The second-order valence-electron chi connectivity index (χ2n) is 4.57. The third-order valence-electron chi connectivity index (χ3n) is 3.00. The number of fused-ring (bicyclic) bond motifs is 1. The minimum absolute atomic E-state index is 0.00127. The monoisotopic (exact) mass is 352 g/mol. The molecule has 0 unspecified atom stereocenters. The fourth-order valence-corrected chi connectivity index (χ4v) is 3.07. The largest absolute Gasteiger partial charge is 0.433 e. The zero-order chi connectivity index (χ0) is 16.5. The Morgan fingerprint density at radius 3 is 2.50 bits per heavy atom. The molecule has 0 saturated carbocycles. The molecule has 0 aliphatic rings. The SMILES string of the molecule is CCS(=O)(=O)CN(Cl)c1cccc2ccc(C(F)(F)F)nc12. The standard InChI is InChI=1S/C13H12ClF3N2O2S/c1-2-22(20,21)8-19(14)10-5-3-4-9-6-7-11(13(15,16)17)18-12(9)10/h3-7H,2,8H2,1H3. The van der Waals surface area contributed by atoms with Crippen molar-refractivity contribution < 1.29 is 21.6 Å². The molecule has 0 aliphatic carbocycles. The van der Waals surface area contributed by atoms with Crippen LogP contribution in [0.5, 0.6) is 0 Å². The van der Waals surface area contributed by atoms with E-state index in [1.807, 2.05) is 0 Å². The number of aromatic nitrogens is 1. The van der Waals surface area contributed by atoms with Crippen molar-refractivity contribution in [2.75, 3.05) is 16.0 Å². The van der Waals surface area contributed by atoms with Crippen molar-refractivity contribution in [2.45, 2.75) is 13.1 Å². The molecule has 0 aliphatic heterocycles. The Labute approximate surface area is 130 Å². The van der Waals surface area contributed by atoms with Gasteiger partial charge in [-0.1, -0.05) is 25.1 Å². The van der Waals surface area contributed by atoms with Gasteiger partial charge in [0.1, 0.15) is 11.6 Å². The van der Waals surface area contributed by atoms with Gasteiger partial charge in [0, 0.05) is 22.9 Å². The highest BCUT2D eigenvalue weighted by Gasteiger charge is 2.32. The molecule has 120 valence electrons. The molecule has 1 aromatic heterocycles. The topological polar surface area (TPSA) is 50.3 Å². The summed E-state index contributed by atoms with van der Waals surface area (Å²) in [6, 6.07) is 6.71. The molecule has 0 fully saturated rings. The number of hydrogen-bond donors (Lipinski definition) is 0. The van der Waals surface area contributed by atoms with E-state index in [9.17, 15) is 21.6 Å². The van der Waals surface area contributed by atoms with E-state index in [1.165, 1.54) is 19.1 Å². The number of alkyl halides is 3. The number of anilines is 1. The Morgan fingerprint density at radius 1 is 1.23 bits per heavy atom. The number of pyridine rings is 1. The molecule has 0 saturated heterocycles. The van der Waals surface area contributed by atoms with Crippen molar-refractivity contribution in [3.05, 3.63) is 36.0 Å². The van der Waals surface area contributed by atoms with E-state index >= 15 is 0 Å². The van der Waals surface area contributed by atoms with E-state index in [0.717, 1.165) is 10.5 Å². The number of benzene rings is 1. The van der Waals surface area contributed by atoms with E-state index in [4.69, 9.17) is 11.8 Å². The fraction of sp³-hybridized carbons (Fsp3) is 0.308. The number of rotatable bonds is 4. The minimum Gasteiger partial charge on any atom is -0.268 e. The Hall–Kier alpha value is -1.54. The van der Waals surface area contributed by atoms with Crippen LogP contribution in [0.15, 0.2) is 30.3 Å². The number of halogens is 4. The normalized spacial score (nSPS) is 12.6. The first-order chi connectivity index (χ1) is 10.1. The molecule has 0 bridgehead atoms. The van der Waals surface area contributed by atoms with Crippen molar-refractivity contribution >= 4 is 38.2 Å². The lowest BCUT2D eigenvalue weighted by Crippen LogP contribution is -2.23. The lowest BCUT2D eigenvalue weighted by atomic mass is 10.1. The molecule has 1 heterocycles. The van der Waals surface area contributed by atoms with Gasteiger partial charge in [0.15, 0.2) is 9.84 Å². The highest BCUT2D eigenvalue weighted by molar-refractivity contribution is 7.91. The Bertz CT molecular complexity index is 793. The summed E-state index contributed by atoms with van der Waals surface area (Å²) in [6.07, 6.45) is -4.59. The molecule has 0 radical (unpaired) electrons. The van der Waals surface area contributed by atoms with Crippen LogP contribution in [-0.2, 0) is 16.0 Å². The molecule has 22 heavy (non-hydrogen) atoms. The maximum atomic E-state index is 12.8. The van der Waals surface area contributed by atoms with Crippen LogP contribution < -0.4 is 4.42 Å². The third-order valence-corrected chi connectivity index (χ3v) is 4.98. The molecule has 4 nitrogen and oxygen atoms in total. The van der Waals surface area contributed by atoms with Gasteiger partial charge in [0.05, 0.1) is 11.2 Å². The van der Waals surface area contributed by atoms with Crippen molar-refractivity contribution in [1.82, 2.24) is 4.98 Å². The molecule has 9 heteroatoms. The first kappa shape index (κ1) is 16.8. The predicted molar refractivity (Wildman–Crippen MR) is 79.4 cm³/mol. The van der Waals surface area contributed by atoms with Gasteiger partial charge >= 0.3 is 6.18 Å². The predicted octanol–water partition coefficient (Wildman–Crippen LogP) is 3.61. The lowest BCUT2D eigenvalue weighted by molar-refractivity contribution is -0.140. The summed E-state index contributed by atoms with van der Waals surface area (Å²) >= 11 is 5.95. The fourth-order valence-electron chi connectivity index (χ4n) is 1.82. The van der Waals surface area contributed by atoms with Crippen molar-refractivity contribution in [3.8, 4) is 0 Å².